The van der Waals surface area contributed by atoms with Gasteiger partial charge in [-0.15, -0.1) is 0 Å². The van der Waals surface area contributed by atoms with E-state index in [1.165, 1.54) is 0 Å². The number of rotatable bonds is 11. The van der Waals surface area contributed by atoms with E-state index in [1.54, 1.807) is 18.2 Å². The molecular weight excluding hydrogens is 466 g/mol. The van der Waals surface area contributed by atoms with E-state index >= 15 is 0 Å². The van der Waals surface area contributed by atoms with Gasteiger partial charge in [0.25, 0.3) is 0 Å². The minimum atomic E-state index is -0.763. The van der Waals surface area contributed by atoms with Crippen molar-refractivity contribution in [1.82, 2.24) is 4.90 Å². The lowest BCUT2D eigenvalue weighted by atomic mass is 9.90. The summed E-state index contributed by atoms with van der Waals surface area (Å²) in [4.78, 5) is 25.8. The Morgan fingerprint density at radius 2 is 1.83 bits per heavy atom. The zero-order valence-corrected chi connectivity index (χ0v) is 19.9. The molecule has 0 heterocycles. The highest BCUT2D eigenvalue weighted by Gasteiger charge is 2.24. The van der Waals surface area contributed by atoms with Gasteiger partial charge in [0.1, 0.15) is 0 Å². The fourth-order valence-corrected chi connectivity index (χ4v) is 3.76. The van der Waals surface area contributed by atoms with Crippen LogP contribution in [-0.2, 0) is 9.53 Å². The van der Waals surface area contributed by atoms with E-state index < -0.39 is 6.10 Å². The lowest BCUT2D eigenvalue weighted by Crippen LogP contribution is -2.29. The number of likely N-dealkylation sites (N-methyl/N-ethyl adjacent to an activating group) is 1. The molecule has 0 saturated carbocycles. The average Bonchev–Trinajstić information content (AvgIpc) is 2.73. The zero-order chi connectivity index (χ0) is 22.1. The SMILES string of the molecule is CCCCCOC(C=O)/C(=C(\c1ccc(Cl)cc1)c1cc(Br)ccc1C=O)N(C)C. The minimum Gasteiger partial charge on any atom is -0.378 e. The summed E-state index contributed by atoms with van der Waals surface area (Å²) in [6, 6.07) is 12.8. The van der Waals surface area contributed by atoms with Crippen LogP contribution in [0, 0.1) is 0 Å². The average molecular weight is 493 g/mol. The molecule has 30 heavy (non-hydrogen) atoms. The molecule has 0 saturated heterocycles. The lowest BCUT2D eigenvalue weighted by molar-refractivity contribution is -0.116. The number of carbonyl (C=O) groups excluding carboxylic acids is 2. The highest BCUT2D eigenvalue weighted by Crippen LogP contribution is 2.34. The van der Waals surface area contributed by atoms with E-state index in [2.05, 4.69) is 22.9 Å². The predicted octanol–water partition coefficient (Wildman–Crippen LogP) is 6.01. The molecule has 160 valence electrons. The number of hydrogen-bond acceptors (Lipinski definition) is 4. The molecule has 0 bridgehead atoms. The summed E-state index contributed by atoms with van der Waals surface area (Å²) >= 11 is 9.61. The van der Waals surface area contributed by atoms with Crippen molar-refractivity contribution in [2.75, 3.05) is 20.7 Å². The topological polar surface area (TPSA) is 46.6 Å². The second-order valence-corrected chi connectivity index (χ2v) is 8.50. The molecule has 0 aromatic heterocycles. The molecule has 0 N–H and O–H groups in total. The molecule has 2 aromatic rings. The molecule has 2 rings (SSSR count). The molecule has 4 nitrogen and oxygen atoms in total. The number of halogens is 2. The summed E-state index contributed by atoms with van der Waals surface area (Å²) < 4.78 is 6.81. The molecule has 0 aliphatic heterocycles. The van der Waals surface area contributed by atoms with E-state index in [0.717, 1.165) is 53.0 Å². The number of nitrogens with zero attached hydrogens (tertiary/aromatic N) is 1. The summed E-state index contributed by atoms with van der Waals surface area (Å²) in [7, 11) is 3.74. The van der Waals surface area contributed by atoms with Crippen LogP contribution in [-0.4, -0.2) is 44.3 Å². The van der Waals surface area contributed by atoms with Crippen LogP contribution in [0.5, 0.6) is 0 Å². The molecule has 2 aromatic carbocycles. The van der Waals surface area contributed by atoms with Gasteiger partial charge in [0.15, 0.2) is 18.7 Å². The second-order valence-electron chi connectivity index (χ2n) is 7.15. The van der Waals surface area contributed by atoms with E-state index in [1.807, 2.05) is 43.3 Å². The van der Waals surface area contributed by atoms with Gasteiger partial charge in [-0.25, -0.2) is 0 Å². The number of benzene rings is 2. The number of hydrogen-bond donors (Lipinski definition) is 0. The molecule has 6 heteroatoms. The Labute approximate surface area is 192 Å². The molecule has 1 unspecified atom stereocenters. The first-order chi connectivity index (χ1) is 14.4. The van der Waals surface area contributed by atoms with Crippen LogP contribution in [0.25, 0.3) is 5.57 Å². The van der Waals surface area contributed by atoms with Crippen molar-refractivity contribution in [2.45, 2.75) is 32.3 Å². The third-order valence-electron chi connectivity index (χ3n) is 4.72. The lowest BCUT2D eigenvalue weighted by Gasteiger charge is -2.28. The van der Waals surface area contributed by atoms with Crippen molar-refractivity contribution in [1.29, 1.82) is 0 Å². The van der Waals surface area contributed by atoms with Crippen molar-refractivity contribution in [2.24, 2.45) is 0 Å². The van der Waals surface area contributed by atoms with E-state index in [4.69, 9.17) is 16.3 Å². The van der Waals surface area contributed by atoms with Crippen LogP contribution in [0.3, 0.4) is 0 Å². The highest BCUT2D eigenvalue weighted by atomic mass is 79.9. The number of carbonyl (C=O) groups is 2. The summed E-state index contributed by atoms with van der Waals surface area (Å²) in [5.74, 6) is 0. The van der Waals surface area contributed by atoms with Gasteiger partial charge in [0.05, 0.1) is 5.70 Å². The Hall–Kier alpha value is -1.95. The van der Waals surface area contributed by atoms with Crippen molar-refractivity contribution >= 4 is 45.7 Å². The van der Waals surface area contributed by atoms with E-state index in [0.29, 0.717) is 22.9 Å². The van der Waals surface area contributed by atoms with Crippen LogP contribution in [0.2, 0.25) is 5.02 Å². The van der Waals surface area contributed by atoms with Gasteiger partial charge in [0.2, 0.25) is 0 Å². The number of unbranched alkanes of at least 4 members (excludes halogenated alkanes) is 2. The highest BCUT2D eigenvalue weighted by molar-refractivity contribution is 9.10. The summed E-state index contributed by atoms with van der Waals surface area (Å²) in [5.41, 5.74) is 3.53. The van der Waals surface area contributed by atoms with Gasteiger partial charge in [-0.1, -0.05) is 59.4 Å². The number of aldehydes is 2. The molecule has 0 aliphatic rings. The van der Waals surface area contributed by atoms with Crippen molar-refractivity contribution < 1.29 is 14.3 Å². The quantitative estimate of drug-likeness (QED) is 0.285. The fraction of sp³-hybridized carbons (Fsp3) is 0.333. The summed E-state index contributed by atoms with van der Waals surface area (Å²) in [6.07, 6.45) is 3.87. The summed E-state index contributed by atoms with van der Waals surface area (Å²) in [6.45, 7) is 2.61. The van der Waals surface area contributed by atoms with Gasteiger partial charge >= 0.3 is 0 Å². The Morgan fingerprint density at radius 1 is 1.13 bits per heavy atom. The predicted molar refractivity (Wildman–Crippen MR) is 126 cm³/mol. The standard InChI is InChI=1S/C24H27BrClNO3/c1-4-5-6-13-30-22(16-29)24(27(2)3)23(17-8-11-20(26)12-9-17)21-14-19(25)10-7-18(21)15-28/h7-12,14-16,22H,4-6,13H2,1-3H3/b24-23-. The Morgan fingerprint density at radius 3 is 2.40 bits per heavy atom. The Bertz CT molecular complexity index is 894. The molecule has 0 radical (unpaired) electrons. The maximum Gasteiger partial charge on any atom is 0.154 e. The van der Waals surface area contributed by atoms with Gasteiger partial charge in [0, 0.05) is 41.3 Å². The second kappa shape index (κ2) is 12.0. The van der Waals surface area contributed by atoms with Crippen LogP contribution in [0.1, 0.15) is 47.7 Å². The van der Waals surface area contributed by atoms with E-state index in [9.17, 15) is 9.59 Å². The normalized spacial score (nSPS) is 12.8. The van der Waals surface area contributed by atoms with Gasteiger partial charge in [-0.2, -0.15) is 0 Å². The third-order valence-corrected chi connectivity index (χ3v) is 5.47. The maximum atomic E-state index is 12.1. The van der Waals surface area contributed by atoms with Crippen molar-refractivity contribution in [3.63, 3.8) is 0 Å². The monoisotopic (exact) mass is 491 g/mol. The summed E-state index contributed by atoms with van der Waals surface area (Å²) in [5, 5.41) is 0.608. The minimum absolute atomic E-state index is 0.488. The first-order valence-electron chi connectivity index (χ1n) is 9.92. The maximum absolute atomic E-state index is 12.1. The third kappa shape index (κ3) is 6.27. The molecular formula is C24H27BrClNO3. The van der Waals surface area contributed by atoms with Gasteiger partial charge < -0.3 is 14.4 Å². The van der Waals surface area contributed by atoms with Crippen LogP contribution in [0.4, 0.5) is 0 Å². The first-order valence-corrected chi connectivity index (χ1v) is 11.1. The first kappa shape index (κ1) is 24.3. The van der Waals surface area contributed by atoms with Gasteiger partial charge in [-0.05, 0) is 47.9 Å². The smallest absolute Gasteiger partial charge is 0.154 e. The molecule has 0 aliphatic carbocycles. The van der Waals surface area contributed by atoms with Crippen LogP contribution >= 0.6 is 27.5 Å². The van der Waals surface area contributed by atoms with Crippen molar-refractivity contribution in [3.8, 4) is 0 Å². The molecule has 0 fully saturated rings. The molecule has 0 amide bonds. The van der Waals surface area contributed by atoms with Crippen molar-refractivity contribution in [3.05, 3.63) is 74.3 Å². The Kier molecular flexibility index (Phi) is 9.76. The van der Waals surface area contributed by atoms with Crippen LogP contribution < -0.4 is 0 Å². The van der Waals surface area contributed by atoms with Crippen LogP contribution in [0.15, 0.2) is 52.6 Å². The number of ether oxygens (including phenoxy) is 1. The largest absolute Gasteiger partial charge is 0.378 e. The molecule has 1 atom stereocenters. The van der Waals surface area contributed by atoms with E-state index in [-0.39, 0.29) is 0 Å². The zero-order valence-electron chi connectivity index (χ0n) is 17.5. The fourth-order valence-electron chi connectivity index (χ4n) is 3.27. The van der Waals surface area contributed by atoms with Gasteiger partial charge in [-0.3, -0.25) is 4.79 Å². The molecule has 0 spiro atoms. The Balaban J connectivity index is 2.73.